The lowest BCUT2D eigenvalue weighted by atomic mass is 10.4. The van der Waals surface area contributed by atoms with Crippen molar-refractivity contribution in [2.24, 2.45) is 5.84 Å². The SMILES string of the molecule is NNc1ccc(S(=O)(=O)NCc2ccccn2)cn1. The number of nitrogens with one attached hydrogen (secondary N) is 2. The molecule has 7 nitrogen and oxygen atoms in total. The number of hydrazine groups is 1. The average Bonchev–Trinajstić information content (AvgIpc) is 2.46. The standard InChI is InChI=1S/C11H13N5O2S/c12-16-11-5-4-10(8-14-11)19(17,18)15-7-9-3-1-2-6-13-9/h1-6,8,15H,7,12H2,(H,14,16). The molecule has 0 aliphatic rings. The highest BCUT2D eigenvalue weighted by Gasteiger charge is 2.14. The van der Waals surface area contributed by atoms with Crippen LogP contribution in [0.4, 0.5) is 5.82 Å². The molecule has 0 amide bonds. The topological polar surface area (TPSA) is 110 Å². The molecule has 0 aliphatic carbocycles. The minimum atomic E-state index is -3.60. The van der Waals surface area contributed by atoms with Gasteiger partial charge in [-0.3, -0.25) is 4.98 Å². The number of nitrogens with zero attached hydrogens (tertiary/aromatic N) is 2. The maximum absolute atomic E-state index is 12.0. The molecule has 0 bridgehead atoms. The van der Waals surface area contributed by atoms with E-state index >= 15 is 0 Å². The first kappa shape index (κ1) is 13.4. The molecule has 19 heavy (non-hydrogen) atoms. The second-order valence-corrected chi connectivity index (χ2v) is 5.44. The van der Waals surface area contributed by atoms with Crippen molar-refractivity contribution in [2.75, 3.05) is 5.43 Å². The van der Waals surface area contributed by atoms with E-state index in [0.29, 0.717) is 11.5 Å². The van der Waals surface area contributed by atoms with Gasteiger partial charge in [-0.2, -0.15) is 0 Å². The molecule has 0 saturated carbocycles. The first-order chi connectivity index (χ1) is 9.12. The summed E-state index contributed by atoms with van der Waals surface area (Å²) in [7, 11) is -3.60. The maximum atomic E-state index is 12.0. The number of hydrogen-bond acceptors (Lipinski definition) is 6. The first-order valence-electron chi connectivity index (χ1n) is 5.44. The van der Waals surface area contributed by atoms with Gasteiger partial charge in [0.1, 0.15) is 10.7 Å². The second-order valence-electron chi connectivity index (χ2n) is 3.67. The molecule has 0 unspecified atom stereocenters. The summed E-state index contributed by atoms with van der Waals surface area (Å²) in [5.74, 6) is 5.55. The number of sulfonamides is 1. The van der Waals surface area contributed by atoms with Crippen LogP contribution >= 0.6 is 0 Å². The minimum Gasteiger partial charge on any atom is -0.308 e. The van der Waals surface area contributed by atoms with Crippen molar-refractivity contribution in [3.05, 3.63) is 48.4 Å². The summed E-state index contributed by atoms with van der Waals surface area (Å²) in [4.78, 5) is 7.95. The summed E-state index contributed by atoms with van der Waals surface area (Å²) in [6, 6.07) is 8.20. The molecular formula is C11H13N5O2S. The fourth-order valence-electron chi connectivity index (χ4n) is 1.38. The van der Waals surface area contributed by atoms with Gasteiger partial charge in [0.25, 0.3) is 0 Å². The van der Waals surface area contributed by atoms with E-state index in [2.05, 4.69) is 20.1 Å². The molecule has 2 heterocycles. The second kappa shape index (κ2) is 5.74. The van der Waals surface area contributed by atoms with Gasteiger partial charge in [-0.15, -0.1) is 0 Å². The lowest BCUT2D eigenvalue weighted by molar-refractivity contribution is 0.580. The van der Waals surface area contributed by atoms with Crippen LogP contribution in [0.5, 0.6) is 0 Å². The summed E-state index contributed by atoms with van der Waals surface area (Å²) >= 11 is 0. The molecule has 8 heteroatoms. The Labute approximate surface area is 110 Å². The highest BCUT2D eigenvalue weighted by molar-refractivity contribution is 7.89. The van der Waals surface area contributed by atoms with Gasteiger partial charge < -0.3 is 5.43 Å². The zero-order valence-corrected chi connectivity index (χ0v) is 10.8. The van der Waals surface area contributed by atoms with Crippen LogP contribution in [0.15, 0.2) is 47.6 Å². The normalized spacial score (nSPS) is 11.2. The number of anilines is 1. The van der Waals surface area contributed by atoms with E-state index in [4.69, 9.17) is 5.84 Å². The quantitative estimate of drug-likeness (QED) is 0.534. The van der Waals surface area contributed by atoms with Crippen molar-refractivity contribution in [1.29, 1.82) is 0 Å². The Morgan fingerprint density at radius 2 is 2.00 bits per heavy atom. The van der Waals surface area contributed by atoms with Crippen LogP contribution in [0.2, 0.25) is 0 Å². The molecule has 0 aromatic carbocycles. The summed E-state index contributed by atoms with van der Waals surface area (Å²) in [6.07, 6.45) is 2.84. The lowest BCUT2D eigenvalue weighted by Crippen LogP contribution is -2.24. The van der Waals surface area contributed by atoms with Gasteiger partial charge in [0.2, 0.25) is 10.0 Å². The van der Waals surface area contributed by atoms with Crippen LogP contribution in [0.1, 0.15) is 5.69 Å². The third-order valence-corrected chi connectivity index (χ3v) is 3.75. The number of rotatable bonds is 5. The van der Waals surface area contributed by atoms with Crippen molar-refractivity contribution in [1.82, 2.24) is 14.7 Å². The molecule has 100 valence electrons. The van der Waals surface area contributed by atoms with Crippen molar-refractivity contribution < 1.29 is 8.42 Å². The minimum absolute atomic E-state index is 0.0717. The number of nitrogens with two attached hydrogens (primary N) is 1. The average molecular weight is 279 g/mol. The monoisotopic (exact) mass is 279 g/mol. The summed E-state index contributed by atoms with van der Waals surface area (Å²) in [5, 5.41) is 0. The fraction of sp³-hybridized carbons (Fsp3) is 0.0909. The summed E-state index contributed by atoms with van der Waals surface area (Å²) in [5.41, 5.74) is 2.97. The number of pyridine rings is 2. The van der Waals surface area contributed by atoms with Crippen LogP contribution < -0.4 is 16.0 Å². The number of nitrogen functional groups attached to an aromatic ring is 1. The largest absolute Gasteiger partial charge is 0.308 e. The van der Waals surface area contributed by atoms with Crippen molar-refractivity contribution in [2.45, 2.75) is 11.4 Å². The van der Waals surface area contributed by atoms with Gasteiger partial charge in [-0.05, 0) is 24.3 Å². The van der Waals surface area contributed by atoms with Crippen molar-refractivity contribution in [3.8, 4) is 0 Å². The molecule has 0 radical (unpaired) electrons. The zero-order chi connectivity index (χ0) is 13.7. The third kappa shape index (κ3) is 3.47. The summed E-state index contributed by atoms with van der Waals surface area (Å²) in [6.45, 7) is 0.125. The number of aromatic nitrogens is 2. The van der Waals surface area contributed by atoms with Gasteiger partial charge in [0.05, 0.1) is 12.2 Å². The Hall–Kier alpha value is -2.03. The first-order valence-corrected chi connectivity index (χ1v) is 6.92. The van der Waals surface area contributed by atoms with E-state index in [1.807, 2.05) is 0 Å². The van der Waals surface area contributed by atoms with E-state index < -0.39 is 10.0 Å². The molecule has 2 aromatic heterocycles. The highest BCUT2D eigenvalue weighted by atomic mass is 32.2. The van der Waals surface area contributed by atoms with E-state index in [-0.39, 0.29) is 11.4 Å². The maximum Gasteiger partial charge on any atom is 0.242 e. The summed E-state index contributed by atoms with van der Waals surface area (Å²) < 4.78 is 26.4. The fourth-order valence-corrected chi connectivity index (χ4v) is 2.32. The molecule has 2 aromatic rings. The predicted molar refractivity (Wildman–Crippen MR) is 70.3 cm³/mol. The van der Waals surface area contributed by atoms with E-state index in [1.165, 1.54) is 18.3 Å². The Bertz CT molecular complexity index is 628. The van der Waals surface area contributed by atoms with Crippen LogP contribution in [0.3, 0.4) is 0 Å². The van der Waals surface area contributed by atoms with Crippen molar-refractivity contribution in [3.63, 3.8) is 0 Å². The molecule has 0 fully saturated rings. The van der Waals surface area contributed by atoms with Gasteiger partial charge in [0.15, 0.2) is 0 Å². The molecule has 0 saturated heterocycles. The van der Waals surface area contributed by atoms with Crippen LogP contribution in [-0.2, 0) is 16.6 Å². The van der Waals surface area contributed by atoms with Gasteiger partial charge in [-0.1, -0.05) is 6.07 Å². The smallest absolute Gasteiger partial charge is 0.242 e. The zero-order valence-electron chi connectivity index (χ0n) is 9.95. The van der Waals surface area contributed by atoms with E-state index in [0.717, 1.165) is 0 Å². The predicted octanol–water partition coefficient (Wildman–Crippen LogP) is 0.241. The molecule has 0 spiro atoms. The molecule has 4 N–H and O–H groups in total. The third-order valence-electron chi connectivity index (χ3n) is 2.36. The molecule has 0 aliphatic heterocycles. The highest BCUT2D eigenvalue weighted by Crippen LogP contribution is 2.10. The van der Waals surface area contributed by atoms with Gasteiger partial charge >= 0.3 is 0 Å². The van der Waals surface area contributed by atoms with Gasteiger partial charge in [-0.25, -0.2) is 24.0 Å². The molecular weight excluding hydrogens is 266 g/mol. The van der Waals surface area contributed by atoms with Crippen molar-refractivity contribution >= 4 is 15.8 Å². The Morgan fingerprint density at radius 3 is 2.58 bits per heavy atom. The Kier molecular flexibility index (Phi) is 4.05. The Morgan fingerprint density at radius 1 is 1.16 bits per heavy atom. The number of hydrogen-bond donors (Lipinski definition) is 3. The van der Waals surface area contributed by atoms with Crippen LogP contribution in [-0.4, -0.2) is 18.4 Å². The van der Waals surface area contributed by atoms with E-state index in [1.54, 1.807) is 24.4 Å². The molecule has 0 atom stereocenters. The van der Waals surface area contributed by atoms with E-state index in [9.17, 15) is 8.42 Å². The van der Waals surface area contributed by atoms with Crippen LogP contribution in [0, 0.1) is 0 Å². The van der Waals surface area contributed by atoms with Gasteiger partial charge in [0, 0.05) is 12.4 Å². The Balaban J connectivity index is 2.09. The molecule has 2 rings (SSSR count). The van der Waals surface area contributed by atoms with Crippen LogP contribution in [0.25, 0.3) is 0 Å². The lowest BCUT2D eigenvalue weighted by Gasteiger charge is -2.06.